The average Bonchev–Trinajstić information content (AvgIpc) is 2.97. The van der Waals surface area contributed by atoms with E-state index in [1.807, 2.05) is 6.20 Å². The highest BCUT2D eigenvalue weighted by Crippen LogP contribution is 2.35. The molecule has 1 aromatic rings. The van der Waals surface area contributed by atoms with E-state index >= 15 is 0 Å². The van der Waals surface area contributed by atoms with Crippen LogP contribution in [0.5, 0.6) is 0 Å². The molecule has 1 aliphatic heterocycles. The monoisotopic (exact) mass is 253 g/mol. The van der Waals surface area contributed by atoms with Crippen LogP contribution in [0.2, 0.25) is 0 Å². The smallest absolute Gasteiger partial charge is 0.0538 e. The van der Waals surface area contributed by atoms with Crippen molar-refractivity contribution in [2.75, 3.05) is 12.3 Å². The third-order valence-electron chi connectivity index (χ3n) is 3.23. The molecule has 0 saturated carbocycles. The summed E-state index contributed by atoms with van der Waals surface area (Å²) >= 11 is 2.11. The summed E-state index contributed by atoms with van der Waals surface area (Å²) in [6.45, 7) is 6.43. The molecule has 0 aromatic carbocycles. The zero-order chi connectivity index (χ0) is 12.1. The van der Waals surface area contributed by atoms with E-state index in [1.54, 1.807) is 0 Å². The number of hydrogen-bond acceptors (Lipinski definition) is 3. The van der Waals surface area contributed by atoms with Crippen molar-refractivity contribution in [1.82, 2.24) is 15.1 Å². The molecule has 0 spiro atoms. The highest BCUT2D eigenvalue weighted by atomic mass is 32.2. The maximum absolute atomic E-state index is 4.45. The Kier molecular flexibility index (Phi) is 4.92. The zero-order valence-corrected chi connectivity index (χ0v) is 11.7. The van der Waals surface area contributed by atoms with E-state index in [4.69, 9.17) is 0 Å². The Morgan fingerprint density at radius 1 is 1.59 bits per heavy atom. The Bertz CT molecular complexity index is 331. The van der Waals surface area contributed by atoms with Gasteiger partial charge in [0.1, 0.15) is 0 Å². The lowest BCUT2D eigenvalue weighted by molar-refractivity contribution is 0.517. The SMILES string of the molecule is CCCn1cc(C(NCC)C2CCCS2)cn1. The second kappa shape index (κ2) is 6.45. The van der Waals surface area contributed by atoms with Crippen LogP contribution in [0.1, 0.15) is 44.7 Å². The molecule has 3 nitrogen and oxygen atoms in total. The average molecular weight is 253 g/mol. The number of nitrogens with zero attached hydrogens (tertiary/aromatic N) is 2. The van der Waals surface area contributed by atoms with Crippen LogP contribution in [0.25, 0.3) is 0 Å². The van der Waals surface area contributed by atoms with Crippen LogP contribution >= 0.6 is 11.8 Å². The van der Waals surface area contributed by atoms with Gasteiger partial charge in [-0.25, -0.2) is 0 Å². The summed E-state index contributed by atoms with van der Waals surface area (Å²) in [5.74, 6) is 1.32. The highest BCUT2D eigenvalue weighted by molar-refractivity contribution is 8.00. The fraction of sp³-hybridized carbons (Fsp3) is 0.769. The van der Waals surface area contributed by atoms with E-state index < -0.39 is 0 Å². The first kappa shape index (κ1) is 13.0. The Hall–Kier alpha value is -0.480. The third-order valence-corrected chi connectivity index (χ3v) is 4.69. The van der Waals surface area contributed by atoms with Gasteiger partial charge in [0.05, 0.1) is 6.20 Å². The van der Waals surface area contributed by atoms with Gasteiger partial charge in [-0.1, -0.05) is 13.8 Å². The summed E-state index contributed by atoms with van der Waals surface area (Å²) in [7, 11) is 0. The number of rotatable bonds is 6. The van der Waals surface area contributed by atoms with Gasteiger partial charge in [-0.2, -0.15) is 16.9 Å². The van der Waals surface area contributed by atoms with Gasteiger partial charge >= 0.3 is 0 Å². The molecule has 1 aromatic heterocycles. The third kappa shape index (κ3) is 3.26. The van der Waals surface area contributed by atoms with Crippen molar-refractivity contribution < 1.29 is 0 Å². The molecule has 4 heteroatoms. The minimum Gasteiger partial charge on any atom is -0.309 e. The number of aromatic nitrogens is 2. The predicted molar refractivity (Wildman–Crippen MR) is 74.4 cm³/mol. The largest absolute Gasteiger partial charge is 0.309 e. The highest BCUT2D eigenvalue weighted by Gasteiger charge is 2.27. The number of aryl methyl sites for hydroxylation is 1. The summed E-state index contributed by atoms with van der Waals surface area (Å²) in [4.78, 5) is 0. The van der Waals surface area contributed by atoms with Gasteiger partial charge in [-0.3, -0.25) is 4.68 Å². The molecular weight excluding hydrogens is 230 g/mol. The van der Waals surface area contributed by atoms with Crippen LogP contribution in [-0.2, 0) is 6.54 Å². The van der Waals surface area contributed by atoms with Gasteiger partial charge < -0.3 is 5.32 Å². The lowest BCUT2D eigenvalue weighted by atomic mass is 10.0. The molecule has 0 radical (unpaired) electrons. The van der Waals surface area contributed by atoms with Crippen LogP contribution in [0.15, 0.2) is 12.4 Å². The molecule has 0 bridgehead atoms. The van der Waals surface area contributed by atoms with E-state index in [2.05, 4.69) is 46.9 Å². The molecule has 17 heavy (non-hydrogen) atoms. The van der Waals surface area contributed by atoms with Crippen molar-refractivity contribution in [2.24, 2.45) is 0 Å². The quantitative estimate of drug-likeness (QED) is 0.845. The minimum absolute atomic E-state index is 0.484. The van der Waals surface area contributed by atoms with Gasteiger partial charge in [0, 0.05) is 29.6 Å². The van der Waals surface area contributed by atoms with Crippen LogP contribution in [0, 0.1) is 0 Å². The molecule has 1 N–H and O–H groups in total. The fourth-order valence-electron chi connectivity index (χ4n) is 2.44. The van der Waals surface area contributed by atoms with Crippen LogP contribution in [0.4, 0.5) is 0 Å². The van der Waals surface area contributed by atoms with Crippen molar-refractivity contribution in [2.45, 2.75) is 50.9 Å². The first-order valence-electron chi connectivity index (χ1n) is 6.72. The Morgan fingerprint density at radius 3 is 3.12 bits per heavy atom. The topological polar surface area (TPSA) is 29.9 Å². The minimum atomic E-state index is 0.484. The lowest BCUT2D eigenvalue weighted by Gasteiger charge is -2.22. The van der Waals surface area contributed by atoms with Gasteiger partial charge in [-0.15, -0.1) is 0 Å². The van der Waals surface area contributed by atoms with Gasteiger partial charge in [0.15, 0.2) is 0 Å². The lowest BCUT2D eigenvalue weighted by Crippen LogP contribution is -2.28. The molecular formula is C13H23N3S. The van der Waals surface area contributed by atoms with Crippen molar-refractivity contribution in [1.29, 1.82) is 0 Å². The maximum atomic E-state index is 4.45. The van der Waals surface area contributed by atoms with Crippen LogP contribution in [-0.4, -0.2) is 27.3 Å². The van der Waals surface area contributed by atoms with Gasteiger partial charge in [-0.05, 0) is 31.6 Å². The molecule has 2 unspecified atom stereocenters. The molecule has 0 aliphatic carbocycles. The number of nitrogens with one attached hydrogen (secondary N) is 1. The van der Waals surface area contributed by atoms with E-state index in [-0.39, 0.29) is 0 Å². The van der Waals surface area contributed by atoms with Gasteiger partial charge in [0.2, 0.25) is 0 Å². The van der Waals surface area contributed by atoms with E-state index in [9.17, 15) is 0 Å². The second-order valence-corrected chi connectivity index (χ2v) is 5.97. The van der Waals surface area contributed by atoms with Crippen LogP contribution < -0.4 is 5.32 Å². The summed E-state index contributed by atoms with van der Waals surface area (Å²) in [5.41, 5.74) is 1.36. The zero-order valence-electron chi connectivity index (χ0n) is 10.9. The Labute approximate surface area is 108 Å². The molecule has 2 heterocycles. The van der Waals surface area contributed by atoms with Crippen molar-refractivity contribution in [3.63, 3.8) is 0 Å². The Balaban J connectivity index is 2.07. The Morgan fingerprint density at radius 2 is 2.47 bits per heavy atom. The van der Waals surface area contributed by atoms with Crippen molar-refractivity contribution in [3.05, 3.63) is 18.0 Å². The van der Waals surface area contributed by atoms with E-state index in [0.29, 0.717) is 6.04 Å². The molecule has 2 atom stereocenters. The first-order chi connectivity index (χ1) is 8.35. The summed E-state index contributed by atoms with van der Waals surface area (Å²) in [5, 5.41) is 8.80. The predicted octanol–water partition coefficient (Wildman–Crippen LogP) is 2.84. The number of hydrogen-bond donors (Lipinski definition) is 1. The standard InChI is InChI=1S/C13H23N3S/c1-3-7-16-10-11(9-15-16)13(14-4-2)12-6-5-8-17-12/h9-10,12-14H,3-8H2,1-2H3. The van der Waals surface area contributed by atoms with Gasteiger partial charge in [0.25, 0.3) is 0 Å². The van der Waals surface area contributed by atoms with Crippen molar-refractivity contribution in [3.8, 4) is 0 Å². The molecule has 2 rings (SSSR count). The maximum Gasteiger partial charge on any atom is 0.0538 e. The number of thioether (sulfide) groups is 1. The van der Waals surface area contributed by atoms with E-state index in [1.165, 1.54) is 24.2 Å². The second-order valence-electron chi connectivity index (χ2n) is 4.62. The molecule has 1 fully saturated rings. The summed E-state index contributed by atoms with van der Waals surface area (Å²) in [6, 6.07) is 0.484. The summed E-state index contributed by atoms with van der Waals surface area (Å²) in [6.07, 6.45) is 8.10. The van der Waals surface area contributed by atoms with E-state index in [0.717, 1.165) is 24.8 Å². The molecule has 1 saturated heterocycles. The molecule has 96 valence electrons. The fourth-order valence-corrected chi connectivity index (χ4v) is 3.86. The molecule has 0 amide bonds. The van der Waals surface area contributed by atoms with Crippen LogP contribution in [0.3, 0.4) is 0 Å². The van der Waals surface area contributed by atoms with Crippen molar-refractivity contribution >= 4 is 11.8 Å². The summed E-state index contributed by atoms with van der Waals surface area (Å²) < 4.78 is 2.07. The normalized spacial score (nSPS) is 21.9. The first-order valence-corrected chi connectivity index (χ1v) is 7.77. The molecule has 1 aliphatic rings.